The van der Waals surface area contributed by atoms with E-state index in [0.29, 0.717) is 11.4 Å². The maximum Gasteiger partial charge on any atom is 0.133 e. The second-order valence-corrected chi connectivity index (χ2v) is 5.24. The van der Waals surface area contributed by atoms with Crippen LogP contribution in [0.4, 0.5) is 14.5 Å². The third-order valence-electron chi connectivity index (χ3n) is 2.98. The molecule has 2 rings (SSSR count). The summed E-state index contributed by atoms with van der Waals surface area (Å²) in [6, 6.07) is 8.73. The highest BCUT2D eigenvalue weighted by Crippen LogP contribution is 2.28. The molecule has 0 fully saturated rings. The molecule has 0 saturated carbocycles. The first-order valence-corrected chi connectivity index (χ1v) is 7.01. The molecule has 0 aliphatic carbocycles. The van der Waals surface area contributed by atoms with Crippen LogP contribution in [0.1, 0.15) is 11.7 Å². The van der Waals surface area contributed by atoms with Gasteiger partial charge >= 0.3 is 0 Å². The Labute approximate surface area is 129 Å². The van der Waals surface area contributed by atoms with Gasteiger partial charge in [-0.25, -0.2) is 8.78 Å². The molecule has 0 aliphatic rings. The van der Waals surface area contributed by atoms with Crippen molar-refractivity contribution in [1.82, 2.24) is 0 Å². The lowest BCUT2D eigenvalue weighted by molar-refractivity contribution is 0.181. The minimum absolute atomic E-state index is 0.0172. The van der Waals surface area contributed by atoms with Crippen molar-refractivity contribution in [2.24, 2.45) is 0 Å². The van der Waals surface area contributed by atoms with Crippen LogP contribution < -0.4 is 10.1 Å². The van der Waals surface area contributed by atoms with E-state index in [0.717, 1.165) is 16.6 Å². The molecule has 0 radical (unpaired) electrons. The first-order chi connectivity index (χ1) is 10.0. The van der Waals surface area contributed by atoms with Crippen molar-refractivity contribution in [1.29, 1.82) is 0 Å². The summed E-state index contributed by atoms with van der Waals surface area (Å²) in [6.07, 6.45) is -1.29. The van der Waals surface area contributed by atoms with Crippen LogP contribution in [0.3, 0.4) is 0 Å². The fourth-order valence-electron chi connectivity index (χ4n) is 1.92. The van der Waals surface area contributed by atoms with Gasteiger partial charge in [-0.05, 0) is 46.3 Å². The van der Waals surface area contributed by atoms with E-state index in [1.165, 1.54) is 6.07 Å². The van der Waals surface area contributed by atoms with Crippen molar-refractivity contribution >= 4 is 21.6 Å². The van der Waals surface area contributed by atoms with Gasteiger partial charge < -0.3 is 15.2 Å². The third-order valence-corrected chi connectivity index (χ3v) is 3.60. The second kappa shape index (κ2) is 6.87. The van der Waals surface area contributed by atoms with Crippen LogP contribution in [-0.2, 0) is 0 Å². The SMILES string of the molecule is COc1ccc(NCC(O)c2c(F)cccc2F)cc1Br. The molecule has 112 valence electrons. The van der Waals surface area contributed by atoms with E-state index in [2.05, 4.69) is 21.2 Å². The molecule has 2 aromatic rings. The number of rotatable bonds is 5. The van der Waals surface area contributed by atoms with E-state index in [9.17, 15) is 13.9 Å². The predicted octanol–water partition coefficient (Wildman–Crippen LogP) is 3.88. The summed E-state index contributed by atoms with van der Waals surface area (Å²) in [4.78, 5) is 0. The van der Waals surface area contributed by atoms with E-state index >= 15 is 0 Å². The smallest absolute Gasteiger partial charge is 0.133 e. The summed E-state index contributed by atoms with van der Waals surface area (Å²) in [7, 11) is 1.55. The van der Waals surface area contributed by atoms with Gasteiger partial charge in [-0.2, -0.15) is 0 Å². The Morgan fingerprint density at radius 3 is 2.48 bits per heavy atom. The molecule has 0 saturated heterocycles. The first-order valence-electron chi connectivity index (χ1n) is 6.22. The van der Waals surface area contributed by atoms with E-state index in [1.54, 1.807) is 25.3 Å². The summed E-state index contributed by atoms with van der Waals surface area (Å²) >= 11 is 3.33. The largest absolute Gasteiger partial charge is 0.496 e. The molecular formula is C15H14BrF2NO2. The molecule has 0 amide bonds. The van der Waals surface area contributed by atoms with Gasteiger partial charge in [0, 0.05) is 12.2 Å². The Kier molecular flexibility index (Phi) is 5.14. The molecule has 21 heavy (non-hydrogen) atoms. The number of halogens is 3. The van der Waals surface area contributed by atoms with Crippen LogP contribution in [0.2, 0.25) is 0 Å². The Bertz CT molecular complexity index is 617. The lowest BCUT2D eigenvalue weighted by Crippen LogP contribution is -2.15. The minimum atomic E-state index is -1.29. The third kappa shape index (κ3) is 3.71. The van der Waals surface area contributed by atoms with Gasteiger partial charge in [0.15, 0.2) is 0 Å². The van der Waals surface area contributed by atoms with Crippen LogP contribution >= 0.6 is 15.9 Å². The average Bonchev–Trinajstić information content (AvgIpc) is 2.45. The van der Waals surface area contributed by atoms with Gasteiger partial charge in [0.05, 0.1) is 17.1 Å². The van der Waals surface area contributed by atoms with Gasteiger partial charge in [0.2, 0.25) is 0 Å². The van der Waals surface area contributed by atoms with Gasteiger partial charge in [-0.15, -0.1) is 0 Å². The number of methoxy groups -OCH3 is 1. The Morgan fingerprint density at radius 1 is 1.24 bits per heavy atom. The predicted molar refractivity (Wildman–Crippen MR) is 80.5 cm³/mol. The molecular weight excluding hydrogens is 344 g/mol. The monoisotopic (exact) mass is 357 g/mol. The van der Waals surface area contributed by atoms with Crippen LogP contribution in [0.15, 0.2) is 40.9 Å². The number of ether oxygens (including phenoxy) is 1. The van der Waals surface area contributed by atoms with Crippen LogP contribution in [0.5, 0.6) is 5.75 Å². The second-order valence-electron chi connectivity index (χ2n) is 4.38. The normalized spacial score (nSPS) is 12.0. The lowest BCUT2D eigenvalue weighted by atomic mass is 10.1. The highest BCUT2D eigenvalue weighted by molar-refractivity contribution is 9.10. The molecule has 0 spiro atoms. The highest BCUT2D eigenvalue weighted by Gasteiger charge is 2.17. The standard InChI is InChI=1S/C15H14BrF2NO2/c1-21-14-6-5-9(7-10(14)16)19-8-13(20)15-11(17)3-2-4-12(15)18/h2-7,13,19-20H,8H2,1H3. The van der Waals surface area contributed by atoms with E-state index in [1.807, 2.05) is 0 Å². The van der Waals surface area contributed by atoms with Gasteiger partial charge in [0.25, 0.3) is 0 Å². The Balaban J connectivity index is 2.07. The minimum Gasteiger partial charge on any atom is -0.496 e. The molecule has 3 nitrogen and oxygen atoms in total. The number of nitrogens with one attached hydrogen (secondary N) is 1. The average molecular weight is 358 g/mol. The van der Waals surface area contributed by atoms with Crippen molar-refractivity contribution in [3.8, 4) is 5.75 Å². The van der Waals surface area contributed by atoms with E-state index < -0.39 is 17.7 Å². The maximum atomic E-state index is 13.5. The summed E-state index contributed by atoms with van der Waals surface area (Å²) in [5.74, 6) is -0.860. The summed E-state index contributed by atoms with van der Waals surface area (Å²) in [5.41, 5.74) is 0.357. The summed E-state index contributed by atoms with van der Waals surface area (Å²) < 4.78 is 32.9. The number of benzene rings is 2. The molecule has 0 aliphatic heterocycles. The zero-order chi connectivity index (χ0) is 15.4. The molecule has 0 aromatic heterocycles. The number of hydrogen-bond acceptors (Lipinski definition) is 3. The van der Waals surface area contributed by atoms with Gasteiger partial charge in [-0.1, -0.05) is 6.07 Å². The Hall–Kier alpha value is -1.66. The van der Waals surface area contributed by atoms with Crippen molar-refractivity contribution in [2.75, 3.05) is 19.0 Å². The maximum absolute atomic E-state index is 13.5. The topological polar surface area (TPSA) is 41.5 Å². The van der Waals surface area contributed by atoms with Crippen molar-refractivity contribution in [3.05, 3.63) is 58.1 Å². The quantitative estimate of drug-likeness (QED) is 0.853. The molecule has 2 aromatic carbocycles. The molecule has 0 bridgehead atoms. The Morgan fingerprint density at radius 2 is 1.90 bits per heavy atom. The van der Waals surface area contributed by atoms with Crippen molar-refractivity contribution in [2.45, 2.75) is 6.10 Å². The van der Waals surface area contributed by atoms with E-state index in [-0.39, 0.29) is 12.1 Å². The summed E-state index contributed by atoms with van der Waals surface area (Å²) in [5, 5.41) is 12.9. The molecule has 2 N–H and O–H groups in total. The van der Waals surface area contributed by atoms with E-state index in [4.69, 9.17) is 4.74 Å². The van der Waals surface area contributed by atoms with Gasteiger partial charge in [-0.3, -0.25) is 0 Å². The lowest BCUT2D eigenvalue weighted by Gasteiger charge is -2.15. The zero-order valence-electron chi connectivity index (χ0n) is 11.2. The molecule has 1 unspecified atom stereocenters. The van der Waals surface area contributed by atoms with Crippen molar-refractivity contribution < 1.29 is 18.6 Å². The van der Waals surface area contributed by atoms with Crippen molar-refractivity contribution in [3.63, 3.8) is 0 Å². The number of hydrogen-bond donors (Lipinski definition) is 2. The molecule has 0 heterocycles. The van der Waals surface area contributed by atoms with Crippen LogP contribution in [0.25, 0.3) is 0 Å². The highest BCUT2D eigenvalue weighted by atomic mass is 79.9. The first kappa shape index (κ1) is 15.7. The molecule has 1 atom stereocenters. The van der Waals surface area contributed by atoms with Gasteiger partial charge in [0.1, 0.15) is 23.5 Å². The number of aliphatic hydroxyl groups excluding tert-OH is 1. The number of anilines is 1. The summed E-state index contributed by atoms with van der Waals surface area (Å²) in [6.45, 7) is -0.0172. The zero-order valence-corrected chi connectivity index (χ0v) is 12.8. The fraction of sp³-hybridized carbons (Fsp3) is 0.200. The fourth-order valence-corrected chi connectivity index (χ4v) is 2.46. The van der Waals surface area contributed by atoms with Crippen LogP contribution in [0, 0.1) is 11.6 Å². The van der Waals surface area contributed by atoms with Crippen LogP contribution in [-0.4, -0.2) is 18.8 Å². The molecule has 6 heteroatoms. The number of aliphatic hydroxyl groups is 1.